The second kappa shape index (κ2) is 6.17. The van der Waals surface area contributed by atoms with E-state index in [-0.39, 0.29) is 5.92 Å². The van der Waals surface area contributed by atoms with Crippen molar-refractivity contribution >= 4 is 17.8 Å². The average molecular weight is 264 g/mol. The maximum atomic E-state index is 11.8. The number of anilines is 1. The predicted octanol–water partition coefficient (Wildman–Crippen LogP) is 1.33. The van der Waals surface area contributed by atoms with Gasteiger partial charge in [-0.15, -0.1) is 0 Å². The minimum Gasteiger partial charge on any atom is -0.368 e. The predicted molar refractivity (Wildman–Crippen MR) is 73.7 cm³/mol. The van der Waals surface area contributed by atoms with Gasteiger partial charge in [-0.2, -0.15) is 0 Å². The Morgan fingerprint density at radius 2 is 1.95 bits per heavy atom. The highest BCUT2D eigenvalue weighted by atomic mass is 16.2. The van der Waals surface area contributed by atoms with E-state index < -0.39 is 18.0 Å². The second-order valence-electron chi connectivity index (χ2n) is 4.90. The molecule has 19 heavy (non-hydrogen) atoms. The fourth-order valence-electron chi connectivity index (χ4n) is 1.70. The topological polar surface area (TPSA) is 97.1 Å². The molecule has 1 atom stereocenters. The number of aromatic nitrogens is 1. The van der Waals surface area contributed by atoms with Gasteiger partial charge in [0.2, 0.25) is 5.91 Å². The smallest absolute Gasteiger partial charge is 0.321 e. The maximum Gasteiger partial charge on any atom is 0.321 e. The highest BCUT2D eigenvalue weighted by Gasteiger charge is 2.21. The monoisotopic (exact) mass is 264 g/mol. The molecule has 0 saturated heterocycles. The average Bonchev–Trinajstić information content (AvgIpc) is 2.29. The maximum absolute atomic E-state index is 11.8. The molecule has 0 bridgehead atoms. The molecule has 0 radical (unpaired) electrons. The summed E-state index contributed by atoms with van der Waals surface area (Å²) in [5, 5.41) is 5.15. The fraction of sp³-hybridized carbons (Fsp3) is 0.462. The van der Waals surface area contributed by atoms with Gasteiger partial charge in [0, 0.05) is 6.20 Å². The first-order valence-electron chi connectivity index (χ1n) is 6.11. The molecule has 4 N–H and O–H groups in total. The van der Waals surface area contributed by atoms with E-state index in [1.165, 1.54) is 0 Å². The zero-order chi connectivity index (χ0) is 14.6. The van der Waals surface area contributed by atoms with Crippen molar-refractivity contribution in [3.8, 4) is 0 Å². The Morgan fingerprint density at radius 1 is 1.32 bits per heavy atom. The van der Waals surface area contributed by atoms with Crippen LogP contribution in [-0.2, 0) is 4.79 Å². The van der Waals surface area contributed by atoms with Gasteiger partial charge in [-0.25, -0.2) is 9.78 Å². The Hall–Kier alpha value is -2.11. The van der Waals surface area contributed by atoms with Crippen LogP contribution in [0.3, 0.4) is 0 Å². The number of nitrogens with zero attached hydrogens (tertiary/aromatic N) is 1. The van der Waals surface area contributed by atoms with Gasteiger partial charge in [0.15, 0.2) is 0 Å². The highest BCUT2D eigenvalue weighted by Crippen LogP contribution is 2.12. The first-order valence-corrected chi connectivity index (χ1v) is 6.11. The van der Waals surface area contributed by atoms with Gasteiger partial charge in [-0.3, -0.25) is 10.1 Å². The molecule has 0 aliphatic heterocycles. The largest absolute Gasteiger partial charge is 0.368 e. The number of carbonyl (C=O) groups excluding carboxylic acids is 2. The molecule has 104 valence electrons. The number of hydrogen-bond acceptors (Lipinski definition) is 3. The summed E-state index contributed by atoms with van der Waals surface area (Å²) in [6.07, 6.45) is 1.66. The van der Waals surface area contributed by atoms with Crippen molar-refractivity contribution in [1.82, 2.24) is 10.3 Å². The summed E-state index contributed by atoms with van der Waals surface area (Å²) in [5.41, 5.74) is 7.10. The van der Waals surface area contributed by atoms with Crippen molar-refractivity contribution in [3.63, 3.8) is 0 Å². The van der Waals surface area contributed by atoms with Crippen LogP contribution < -0.4 is 16.4 Å². The molecule has 0 aromatic carbocycles. The molecule has 0 saturated carbocycles. The van der Waals surface area contributed by atoms with Crippen molar-refractivity contribution in [2.75, 3.05) is 5.32 Å². The van der Waals surface area contributed by atoms with E-state index in [1.807, 2.05) is 33.8 Å². The van der Waals surface area contributed by atoms with Crippen LogP contribution in [-0.4, -0.2) is 23.0 Å². The van der Waals surface area contributed by atoms with E-state index in [2.05, 4.69) is 15.6 Å². The minimum atomic E-state index is -0.703. The first-order chi connectivity index (χ1) is 8.81. The van der Waals surface area contributed by atoms with Crippen LogP contribution in [0.25, 0.3) is 0 Å². The summed E-state index contributed by atoms with van der Waals surface area (Å²) in [5.74, 6) is -0.163. The Bertz CT molecular complexity index is 486. The molecule has 1 rings (SSSR count). The van der Waals surface area contributed by atoms with E-state index in [9.17, 15) is 9.59 Å². The lowest BCUT2D eigenvalue weighted by Crippen LogP contribution is -2.49. The van der Waals surface area contributed by atoms with E-state index in [0.29, 0.717) is 5.82 Å². The van der Waals surface area contributed by atoms with Gasteiger partial charge < -0.3 is 11.1 Å². The standard InChI is InChI=1S/C13H20N4O2/c1-7(2)10(11(14)18)16-13(19)17-12-9(4)5-8(3)6-15-12/h5-7,10H,1-4H3,(H2,14,18)(H2,15,16,17,19)/t10-/m0/s1. The Balaban J connectivity index is 2.72. The van der Waals surface area contributed by atoms with E-state index >= 15 is 0 Å². The number of aryl methyl sites for hydroxylation is 2. The number of hydrogen-bond donors (Lipinski definition) is 3. The van der Waals surface area contributed by atoms with E-state index in [4.69, 9.17) is 5.73 Å². The number of pyridine rings is 1. The summed E-state index contributed by atoms with van der Waals surface area (Å²) in [4.78, 5) is 27.1. The molecule has 0 fully saturated rings. The molecule has 1 heterocycles. The SMILES string of the molecule is Cc1cnc(NC(=O)N[C@H](C(N)=O)C(C)C)c(C)c1. The van der Waals surface area contributed by atoms with Gasteiger partial charge >= 0.3 is 6.03 Å². The van der Waals surface area contributed by atoms with Crippen LogP contribution in [0, 0.1) is 19.8 Å². The molecule has 0 aliphatic rings. The van der Waals surface area contributed by atoms with Gasteiger partial charge in [0.25, 0.3) is 0 Å². The normalized spacial score (nSPS) is 12.1. The summed E-state index contributed by atoms with van der Waals surface area (Å²) < 4.78 is 0. The Morgan fingerprint density at radius 3 is 2.42 bits per heavy atom. The second-order valence-corrected chi connectivity index (χ2v) is 4.90. The Kier molecular flexibility index (Phi) is 4.86. The van der Waals surface area contributed by atoms with E-state index in [0.717, 1.165) is 11.1 Å². The van der Waals surface area contributed by atoms with Crippen LogP contribution in [0.2, 0.25) is 0 Å². The van der Waals surface area contributed by atoms with Crippen LogP contribution >= 0.6 is 0 Å². The third-order valence-corrected chi connectivity index (χ3v) is 2.71. The van der Waals surface area contributed by atoms with Crippen molar-refractivity contribution in [2.24, 2.45) is 11.7 Å². The number of primary amides is 1. The van der Waals surface area contributed by atoms with E-state index in [1.54, 1.807) is 6.20 Å². The van der Waals surface area contributed by atoms with Gasteiger partial charge in [0.1, 0.15) is 11.9 Å². The molecule has 0 aliphatic carbocycles. The number of rotatable bonds is 4. The molecule has 1 aromatic rings. The van der Waals surface area contributed by atoms with Crippen molar-refractivity contribution in [2.45, 2.75) is 33.7 Å². The van der Waals surface area contributed by atoms with Crippen LogP contribution in [0.5, 0.6) is 0 Å². The highest BCUT2D eigenvalue weighted by molar-refractivity contribution is 5.93. The van der Waals surface area contributed by atoms with Crippen LogP contribution in [0.15, 0.2) is 12.3 Å². The van der Waals surface area contributed by atoms with Crippen molar-refractivity contribution in [1.29, 1.82) is 0 Å². The fourth-order valence-corrected chi connectivity index (χ4v) is 1.70. The minimum absolute atomic E-state index is 0.0738. The number of nitrogens with two attached hydrogens (primary N) is 1. The molecule has 6 nitrogen and oxygen atoms in total. The molecule has 0 spiro atoms. The van der Waals surface area contributed by atoms with Crippen molar-refractivity contribution in [3.05, 3.63) is 23.4 Å². The third kappa shape index (κ3) is 4.24. The van der Waals surface area contributed by atoms with Gasteiger partial charge in [-0.1, -0.05) is 19.9 Å². The van der Waals surface area contributed by atoms with Crippen LogP contribution in [0.4, 0.5) is 10.6 Å². The number of urea groups is 1. The number of amides is 3. The summed E-state index contributed by atoms with van der Waals surface area (Å²) in [7, 11) is 0. The molecule has 6 heteroatoms. The van der Waals surface area contributed by atoms with Gasteiger partial charge in [-0.05, 0) is 30.9 Å². The lowest BCUT2D eigenvalue weighted by atomic mass is 10.0. The van der Waals surface area contributed by atoms with Crippen LogP contribution in [0.1, 0.15) is 25.0 Å². The molecular formula is C13H20N4O2. The summed E-state index contributed by atoms with van der Waals surface area (Å²) >= 11 is 0. The Labute approximate surface area is 112 Å². The quantitative estimate of drug-likeness (QED) is 0.765. The summed E-state index contributed by atoms with van der Waals surface area (Å²) in [6.45, 7) is 7.39. The number of carbonyl (C=O) groups is 2. The number of nitrogens with one attached hydrogen (secondary N) is 2. The molecular weight excluding hydrogens is 244 g/mol. The first kappa shape index (κ1) is 14.9. The molecule has 3 amide bonds. The lowest BCUT2D eigenvalue weighted by molar-refractivity contribution is -0.120. The third-order valence-electron chi connectivity index (χ3n) is 2.71. The summed E-state index contributed by atoms with van der Waals surface area (Å²) in [6, 6.07) is 0.721. The molecule has 0 unspecified atom stereocenters. The zero-order valence-corrected chi connectivity index (χ0v) is 11.7. The zero-order valence-electron chi connectivity index (χ0n) is 11.7. The van der Waals surface area contributed by atoms with Gasteiger partial charge in [0.05, 0.1) is 0 Å². The van der Waals surface area contributed by atoms with Crippen molar-refractivity contribution < 1.29 is 9.59 Å². The molecule has 1 aromatic heterocycles. The lowest BCUT2D eigenvalue weighted by Gasteiger charge is -2.19.